The van der Waals surface area contributed by atoms with E-state index in [0.29, 0.717) is 0 Å². The minimum absolute atomic E-state index is 0. The average Bonchev–Trinajstić information content (AvgIpc) is 0.722. The van der Waals surface area contributed by atoms with Crippen LogP contribution in [0.4, 0.5) is 0 Å². The van der Waals surface area contributed by atoms with Crippen LogP contribution in [0.3, 0.4) is 0 Å². The molecule has 0 atom stereocenters. The fourth-order valence-corrected chi connectivity index (χ4v) is 0. The minimum atomic E-state index is -4.61. The number of rotatable bonds is 0. The topological polar surface area (TPSA) is 112 Å². The molecule has 0 aromatic carbocycles. The molecule has 8 heteroatoms. The van der Waals surface area contributed by atoms with Gasteiger partial charge in [0.2, 0.25) is 0 Å². The van der Waals surface area contributed by atoms with Gasteiger partial charge < -0.3 is 24.7 Å². The largest absolute Gasteiger partial charge is 0.668 e. The van der Waals surface area contributed by atoms with Gasteiger partial charge in [-0.05, 0) is 0 Å². The fraction of sp³-hybridized carbons (Fsp3) is 0. The third kappa shape index (κ3) is 138. The van der Waals surface area contributed by atoms with Gasteiger partial charge in [0.15, 0.2) is 0 Å². The summed E-state index contributed by atoms with van der Waals surface area (Å²) in [5.74, 6) is 0. The first-order valence-corrected chi connectivity index (χ1v) is 2.68. The van der Waals surface area contributed by atoms with Crippen LogP contribution in [0.1, 0.15) is 0 Å². The molecule has 5 nitrogen and oxygen atoms in total. The van der Waals surface area contributed by atoms with Crippen LogP contribution >= 0.6 is 0 Å². The first kappa shape index (κ1) is 22.7. The van der Waals surface area contributed by atoms with Gasteiger partial charge in [-0.2, -0.15) is 0 Å². The molecule has 0 aromatic heterocycles. The van der Waals surface area contributed by atoms with Crippen molar-refractivity contribution in [3.05, 3.63) is 0 Å². The summed E-state index contributed by atoms with van der Waals surface area (Å²) < 4.78 is 0. The van der Waals surface area contributed by atoms with Gasteiger partial charge in [-0.1, -0.05) is 0 Å². The molecule has 0 heterocycles. The Hall–Kier alpha value is 1.52. The molecule has 0 fully saturated rings. The molecule has 0 saturated carbocycles. The Balaban J connectivity index is -0.0000000267. The molecule has 0 aliphatic heterocycles. The van der Waals surface area contributed by atoms with E-state index in [1.165, 1.54) is 0 Å². The predicted molar refractivity (Wildman–Crippen MR) is 18.2 cm³/mol. The zero-order valence-corrected chi connectivity index (χ0v) is 10.4. The Morgan fingerprint density at radius 2 is 0.875 bits per heavy atom. The van der Waals surface area contributed by atoms with Crippen LogP contribution in [-0.2, 0) is 45.7 Å². The van der Waals surface area contributed by atoms with E-state index in [4.69, 9.17) is 19.2 Å². The Kier molecular flexibility index (Phi) is 24.2. The summed E-state index contributed by atoms with van der Waals surface area (Å²) in [6.07, 6.45) is 0. The molecule has 6 N–H and O–H groups in total. The van der Waals surface area contributed by atoms with Gasteiger partial charge in [0.05, 0.1) is 0 Å². The van der Waals surface area contributed by atoms with Crippen LogP contribution in [0, 0.1) is 0 Å². The quantitative estimate of drug-likeness (QED) is 0.343. The van der Waals surface area contributed by atoms with Crippen molar-refractivity contribution >= 4 is 9.05 Å². The van der Waals surface area contributed by atoms with Crippen molar-refractivity contribution in [1.29, 1.82) is 0 Å². The average molecular weight is 271 g/mol. The van der Waals surface area contributed by atoms with Crippen molar-refractivity contribution in [2.45, 2.75) is 0 Å². The summed E-state index contributed by atoms with van der Waals surface area (Å²) in [5, 5.41) is 0. The maximum atomic E-state index is 7.33. The van der Waals surface area contributed by atoms with Gasteiger partial charge in [-0.25, -0.2) is 0 Å². The summed E-state index contributed by atoms with van der Waals surface area (Å²) >= 11 is 0. The van der Waals surface area contributed by atoms with Crippen molar-refractivity contribution in [2.24, 2.45) is 0 Å². The van der Waals surface area contributed by atoms with Gasteiger partial charge in [0.25, 0.3) is 0 Å². The fourth-order valence-electron chi connectivity index (χ4n) is 0. The maximum absolute atomic E-state index is 7.33. The second-order valence-corrected chi connectivity index (χ2v) is 1.80. The molecule has 0 radical (unpaired) electrons. The van der Waals surface area contributed by atoms with Crippen molar-refractivity contribution in [1.82, 2.24) is 0 Å². The Morgan fingerprint density at radius 3 is 0.875 bits per heavy atom. The van der Waals surface area contributed by atoms with E-state index in [9.17, 15) is 0 Å². The zero-order valence-electron chi connectivity index (χ0n) is 4.00. The van der Waals surface area contributed by atoms with Gasteiger partial charge in [0, 0.05) is 45.7 Å². The van der Waals surface area contributed by atoms with E-state index in [1.807, 2.05) is 0 Å². The summed E-state index contributed by atoms with van der Waals surface area (Å²) in [5.41, 5.74) is 0. The van der Waals surface area contributed by atoms with E-state index in [1.54, 1.807) is 0 Å². The van der Waals surface area contributed by atoms with Crippen LogP contribution in [-0.4, -0.2) is 33.7 Å². The smallest absolute Gasteiger partial charge is 0.412 e. The molecular weight excluding hydrogens is 265 g/mol. The molecule has 0 aromatic rings. The monoisotopic (exact) mass is 268 g/mol. The second kappa shape index (κ2) is 8.52. The maximum Gasteiger partial charge on any atom is 0.668 e. The van der Waals surface area contributed by atoms with Crippen molar-refractivity contribution in [3.63, 3.8) is 0 Å². The molecule has 0 amide bonds. The third-order valence-corrected chi connectivity index (χ3v) is 0. The van der Waals surface area contributed by atoms with Crippen LogP contribution in [0.5, 0.6) is 0 Å². The van der Waals surface area contributed by atoms with Crippen molar-refractivity contribution < 1.29 is 70.3 Å². The Bertz CT molecular complexity index is 27.9. The minimum Gasteiger partial charge on any atom is -0.412 e. The van der Waals surface area contributed by atoms with E-state index in [2.05, 4.69) is 0 Å². The van der Waals surface area contributed by atoms with Crippen LogP contribution in [0.15, 0.2) is 0 Å². The summed E-state index contributed by atoms with van der Waals surface area (Å²) in [4.78, 5) is 29.3. The SMILES string of the molecule is O.O[Si](O)(O)O.[Zn].[Zr]. The van der Waals surface area contributed by atoms with Crippen LogP contribution in [0.2, 0.25) is 0 Å². The van der Waals surface area contributed by atoms with Gasteiger partial charge >= 0.3 is 9.05 Å². The molecule has 0 bridgehead atoms. The predicted octanol–water partition coefficient (Wildman–Crippen LogP) is -3.44. The Labute approximate surface area is 79.0 Å². The van der Waals surface area contributed by atoms with E-state index < -0.39 is 9.05 Å². The second-order valence-electron chi connectivity index (χ2n) is 0.600. The number of hydrogen-bond acceptors (Lipinski definition) is 4. The molecule has 0 aliphatic carbocycles. The van der Waals surface area contributed by atoms with Crippen LogP contribution in [0.25, 0.3) is 0 Å². The molecule has 0 rings (SSSR count). The van der Waals surface area contributed by atoms with E-state index in [-0.39, 0.29) is 51.2 Å². The standard InChI is InChI=1S/H4O4Si.H2O.Zn.Zr/c1-5(2,3)4;;;/h1-4H;1H2;;. The zero-order chi connectivity index (χ0) is 4.50. The summed E-state index contributed by atoms with van der Waals surface area (Å²) in [6.45, 7) is 0. The Morgan fingerprint density at radius 1 is 0.875 bits per heavy atom. The molecule has 8 heavy (non-hydrogen) atoms. The number of hydrogen-bond donors (Lipinski definition) is 4. The van der Waals surface area contributed by atoms with E-state index >= 15 is 0 Å². The first-order chi connectivity index (χ1) is 2.00. The summed E-state index contributed by atoms with van der Waals surface area (Å²) in [7, 11) is -4.61. The van der Waals surface area contributed by atoms with E-state index in [0.717, 1.165) is 0 Å². The molecule has 0 unspecified atom stereocenters. The molecule has 0 aliphatic rings. The normalized spacial score (nSPS) is 7.50. The van der Waals surface area contributed by atoms with Crippen LogP contribution < -0.4 is 0 Å². The first-order valence-electron chi connectivity index (χ1n) is 0.894. The van der Waals surface area contributed by atoms with Gasteiger partial charge in [0.1, 0.15) is 0 Å². The molecule has 0 spiro atoms. The molecule has 0 saturated heterocycles. The molecular formula is H6O5SiZnZr. The molecule has 46 valence electrons. The van der Waals surface area contributed by atoms with Crippen molar-refractivity contribution in [3.8, 4) is 0 Å². The van der Waals surface area contributed by atoms with Gasteiger partial charge in [-0.15, -0.1) is 0 Å². The summed E-state index contributed by atoms with van der Waals surface area (Å²) in [6, 6.07) is 0. The van der Waals surface area contributed by atoms with Crippen molar-refractivity contribution in [2.75, 3.05) is 0 Å². The van der Waals surface area contributed by atoms with Gasteiger partial charge in [-0.3, -0.25) is 0 Å². The third-order valence-electron chi connectivity index (χ3n) is 0.